The molecule has 0 aliphatic carbocycles. The maximum atomic E-state index is 5.49. The van der Waals surface area contributed by atoms with Crippen LogP contribution in [0.5, 0.6) is 0 Å². The molecular formula is C8H22OS2Si2. The molecule has 0 amide bonds. The fourth-order valence-corrected chi connectivity index (χ4v) is 4.79. The van der Waals surface area contributed by atoms with Gasteiger partial charge in [-0.2, -0.15) is 0 Å². The molecule has 0 saturated heterocycles. The van der Waals surface area contributed by atoms with Gasteiger partial charge < -0.3 is 0 Å². The average Bonchev–Trinajstić information content (AvgIpc) is 1.81. The summed E-state index contributed by atoms with van der Waals surface area (Å²) in [7, 11) is -1.83. The van der Waals surface area contributed by atoms with Crippen LogP contribution in [0.2, 0.25) is 39.3 Å². The SMILES string of the molecule is C[Si](C)(C)CSOSC[Si](C)(C)C. The molecule has 0 spiro atoms. The summed E-state index contributed by atoms with van der Waals surface area (Å²) in [4.78, 5) is 0. The Bertz CT molecular complexity index is 124. The third kappa shape index (κ3) is 13.1. The van der Waals surface area contributed by atoms with E-state index in [1.54, 1.807) is 24.1 Å². The lowest BCUT2D eigenvalue weighted by molar-refractivity contribution is 0.765. The van der Waals surface area contributed by atoms with Gasteiger partial charge in [0.2, 0.25) is 0 Å². The van der Waals surface area contributed by atoms with E-state index in [1.165, 1.54) is 10.8 Å². The average molecular weight is 255 g/mol. The van der Waals surface area contributed by atoms with Gasteiger partial charge in [0.1, 0.15) is 0 Å². The highest BCUT2D eigenvalue weighted by Gasteiger charge is 2.15. The highest BCUT2D eigenvalue weighted by atomic mass is 32.2. The molecule has 0 fully saturated rings. The molecule has 0 radical (unpaired) electrons. The predicted octanol–water partition coefficient (Wildman–Crippen LogP) is 4.05. The molecule has 0 aromatic rings. The highest BCUT2D eigenvalue weighted by Crippen LogP contribution is 2.21. The molecule has 13 heavy (non-hydrogen) atoms. The Kier molecular flexibility index (Phi) is 6.34. The first kappa shape index (κ1) is 14.1. The maximum Gasteiger partial charge on any atom is 0.0578 e. The summed E-state index contributed by atoms with van der Waals surface area (Å²) in [6.45, 7) is 14.2. The van der Waals surface area contributed by atoms with Gasteiger partial charge >= 0.3 is 0 Å². The topological polar surface area (TPSA) is 9.23 Å². The van der Waals surface area contributed by atoms with Crippen molar-refractivity contribution >= 4 is 40.2 Å². The molecule has 0 aliphatic heterocycles. The minimum atomic E-state index is -0.917. The lowest BCUT2D eigenvalue weighted by Crippen LogP contribution is -2.25. The van der Waals surface area contributed by atoms with Crippen LogP contribution in [0.1, 0.15) is 0 Å². The second-order valence-corrected chi connectivity index (χ2v) is 19.3. The second kappa shape index (κ2) is 5.85. The molecule has 0 heterocycles. The molecular weight excluding hydrogens is 232 g/mol. The molecule has 0 aromatic carbocycles. The van der Waals surface area contributed by atoms with E-state index in [0.29, 0.717) is 0 Å². The number of rotatable bonds is 6. The van der Waals surface area contributed by atoms with E-state index in [0.717, 1.165) is 0 Å². The van der Waals surface area contributed by atoms with Crippen molar-refractivity contribution in [2.24, 2.45) is 0 Å². The van der Waals surface area contributed by atoms with Gasteiger partial charge in [0.05, 0.1) is 16.1 Å². The summed E-state index contributed by atoms with van der Waals surface area (Å²) in [5.41, 5.74) is 0. The molecule has 80 valence electrons. The van der Waals surface area contributed by atoms with Gasteiger partial charge in [-0.3, -0.25) is 0 Å². The van der Waals surface area contributed by atoms with E-state index >= 15 is 0 Å². The predicted molar refractivity (Wildman–Crippen MR) is 72.7 cm³/mol. The monoisotopic (exact) mass is 254 g/mol. The molecule has 0 unspecified atom stereocenters. The van der Waals surface area contributed by atoms with Gasteiger partial charge in [-0.05, 0) is 0 Å². The van der Waals surface area contributed by atoms with Crippen molar-refractivity contribution in [1.82, 2.24) is 0 Å². The van der Waals surface area contributed by atoms with Crippen LogP contribution in [-0.4, -0.2) is 26.9 Å². The van der Waals surface area contributed by atoms with E-state index < -0.39 is 16.1 Å². The summed E-state index contributed by atoms with van der Waals surface area (Å²) >= 11 is 3.30. The van der Waals surface area contributed by atoms with E-state index in [4.69, 9.17) is 3.63 Å². The molecule has 0 saturated carbocycles. The second-order valence-electron chi connectivity index (χ2n) is 5.71. The molecule has 0 N–H and O–H groups in total. The Labute approximate surface area is 93.8 Å². The number of hydrogen-bond acceptors (Lipinski definition) is 3. The van der Waals surface area contributed by atoms with Gasteiger partial charge in [-0.1, -0.05) is 39.3 Å². The van der Waals surface area contributed by atoms with Crippen molar-refractivity contribution in [1.29, 1.82) is 0 Å². The quantitative estimate of drug-likeness (QED) is 0.402. The number of hydrogen-bond donors (Lipinski definition) is 0. The van der Waals surface area contributed by atoms with Crippen LogP contribution < -0.4 is 0 Å². The molecule has 5 heteroatoms. The van der Waals surface area contributed by atoms with Gasteiger partial charge in [0.15, 0.2) is 0 Å². The normalized spacial score (nSPS) is 13.4. The van der Waals surface area contributed by atoms with Crippen molar-refractivity contribution in [2.45, 2.75) is 39.3 Å². The van der Waals surface area contributed by atoms with Crippen LogP contribution in [0.15, 0.2) is 0 Å². The lowest BCUT2D eigenvalue weighted by Gasteiger charge is -2.16. The maximum absolute atomic E-state index is 5.49. The van der Waals surface area contributed by atoms with Crippen LogP contribution in [0, 0.1) is 0 Å². The summed E-state index contributed by atoms with van der Waals surface area (Å²) in [6, 6.07) is 0. The Morgan fingerprint density at radius 1 is 0.769 bits per heavy atom. The minimum Gasteiger partial charge on any atom is -0.248 e. The van der Waals surface area contributed by atoms with E-state index in [2.05, 4.69) is 39.3 Å². The summed E-state index contributed by atoms with van der Waals surface area (Å²) in [5, 5.41) is 2.40. The zero-order valence-electron chi connectivity index (χ0n) is 9.64. The van der Waals surface area contributed by atoms with Crippen LogP contribution >= 0.6 is 24.1 Å². The van der Waals surface area contributed by atoms with Crippen molar-refractivity contribution in [3.8, 4) is 0 Å². The lowest BCUT2D eigenvalue weighted by atomic mass is 11.8. The van der Waals surface area contributed by atoms with E-state index in [9.17, 15) is 0 Å². The van der Waals surface area contributed by atoms with Crippen LogP contribution in [0.25, 0.3) is 0 Å². The summed E-state index contributed by atoms with van der Waals surface area (Å²) in [6.07, 6.45) is 0. The van der Waals surface area contributed by atoms with Crippen LogP contribution in [0.3, 0.4) is 0 Å². The Hall–Kier alpha value is 1.09. The molecule has 0 aromatic heterocycles. The molecule has 0 aliphatic rings. The first-order valence-corrected chi connectivity index (χ1v) is 13.9. The van der Waals surface area contributed by atoms with Gasteiger partial charge in [-0.15, -0.1) is 0 Å². The fourth-order valence-electron chi connectivity index (χ4n) is 0.436. The molecule has 1 nitrogen and oxygen atoms in total. The van der Waals surface area contributed by atoms with Gasteiger partial charge in [0, 0.05) is 34.8 Å². The van der Waals surface area contributed by atoms with Crippen molar-refractivity contribution in [3.05, 3.63) is 0 Å². The molecule has 0 bridgehead atoms. The molecule has 0 rings (SSSR count). The van der Waals surface area contributed by atoms with Gasteiger partial charge in [-0.25, -0.2) is 3.63 Å². The van der Waals surface area contributed by atoms with E-state index in [1.807, 2.05) is 0 Å². The summed E-state index contributed by atoms with van der Waals surface area (Å²) < 4.78 is 5.49. The van der Waals surface area contributed by atoms with E-state index in [-0.39, 0.29) is 0 Å². The largest absolute Gasteiger partial charge is 0.248 e. The van der Waals surface area contributed by atoms with Gasteiger partial charge in [0.25, 0.3) is 0 Å². The third-order valence-electron chi connectivity index (χ3n) is 1.08. The van der Waals surface area contributed by atoms with Crippen molar-refractivity contribution < 1.29 is 3.63 Å². The zero-order chi connectivity index (χ0) is 10.5. The van der Waals surface area contributed by atoms with Crippen molar-refractivity contribution in [3.63, 3.8) is 0 Å². The standard InChI is InChI=1S/C8H22OS2Si2/c1-12(2,3)7-10-9-11-8-13(4,5)6/h7-8H2,1-6H3. The van der Waals surface area contributed by atoms with Crippen LogP contribution in [0.4, 0.5) is 0 Å². The third-order valence-corrected chi connectivity index (χ3v) is 9.72. The minimum absolute atomic E-state index is 0.917. The fraction of sp³-hybridized carbons (Fsp3) is 1.00. The summed E-state index contributed by atoms with van der Waals surface area (Å²) in [5.74, 6) is 0. The first-order chi connectivity index (χ1) is 5.71. The zero-order valence-corrected chi connectivity index (χ0v) is 13.3. The molecule has 0 atom stereocenters. The first-order valence-electron chi connectivity index (χ1n) is 4.62. The Balaban J connectivity index is 3.28. The highest BCUT2D eigenvalue weighted by molar-refractivity contribution is 8.09. The Morgan fingerprint density at radius 3 is 1.31 bits per heavy atom. The van der Waals surface area contributed by atoms with Crippen LogP contribution in [-0.2, 0) is 3.63 Å². The van der Waals surface area contributed by atoms with Crippen molar-refractivity contribution in [2.75, 3.05) is 10.8 Å². The smallest absolute Gasteiger partial charge is 0.0578 e. The Morgan fingerprint density at radius 2 is 1.08 bits per heavy atom.